The first-order valence-electron chi connectivity index (χ1n) is 6.84. The predicted octanol–water partition coefficient (Wildman–Crippen LogP) is 3.52. The topological polar surface area (TPSA) is 89.0 Å². The van der Waals surface area contributed by atoms with E-state index in [0.717, 1.165) is 41.8 Å². The summed E-state index contributed by atoms with van der Waals surface area (Å²) in [6.07, 6.45) is 0.790. The van der Waals surface area contributed by atoms with Crippen molar-refractivity contribution in [3.8, 4) is 0 Å². The second-order valence-electron chi connectivity index (χ2n) is 5.01. The number of thiazole rings is 1. The van der Waals surface area contributed by atoms with Crippen LogP contribution < -0.4 is 5.32 Å². The molecule has 1 amide bonds. The summed E-state index contributed by atoms with van der Waals surface area (Å²) in [6, 6.07) is 3.53. The minimum Gasteiger partial charge on any atom is -0.298 e. The van der Waals surface area contributed by atoms with Gasteiger partial charge in [0, 0.05) is 12.3 Å². The van der Waals surface area contributed by atoms with E-state index in [1.165, 1.54) is 0 Å². The van der Waals surface area contributed by atoms with Crippen molar-refractivity contribution in [2.45, 2.75) is 10.5 Å². The monoisotopic (exact) mass is 423 g/mol. The van der Waals surface area contributed by atoms with Crippen molar-refractivity contribution in [1.82, 2.24) is 9.97 Å². The Morgan fingerprint density at radius 2 is 1.81 bits per heavy atom. The van der Waals surface area contributed by atoms with Gasteiger partial charge in [-0.3, -0.25) is 10.1 Å². The van der Waals surface area contributed by atoms with Crippen LogP contribution in [0.5, 0.6) is 0 Å². The summed E-state index contributed by atoms with van der Waals surface area (Å²) in [7, 11) is -5.87. The van der Waals surface area contributed by atoms with Crippen LogP contribution in [0.4, 0.5) is 27.1 Å². The molecule has 27 heavy (non-hydrogen) atoms. The fourth-order valence-electron chi connectivity index (χ4n) is 2.03. The molecule has 0 aliphatic rings. The normalized spacial score (nSPS) is 12.3. The summed E-state index contributed by atoms with van der Waals surface area (Å²) in [6.45, 7) is 0. The first-order valence-corrected chi connectivity index (χ1v) is 9.14. The Balaban J connectivity index is 1.99. The van der Waals surface area contributed by atoms with Crippen molar-refractivity contribution in [1.29, 1.82) is 0 Å². The number of hydrogen-bond acceptors (Lipinski definition) is 6. The van der Waals surface area contributed by atoms with Crippen molar-refractivity contribution in [3.63, 3.8) is 0 Å². The summed E-state index contributed by atoms with van der Waals surface area (Å²) in [5.74, 6) is -3.54. The summed E-state index contributed by atoms with van der Waals surface area (Å²) in [5, 5.41) is 0.442. The lowest BCUT2D eigenvalue weighted by atomic mass is 10.3. The van der Waals surface area contributed by atoms with Crippen LogP contribution >= 0.6 is 11.3 Å². The molecule has 0 unspecified atom stereocenters. The molecule has 1 aromatic carbocycles. The number of carbonyl (C=O) groups excluding carboxylic acids is 1. The zero-order valence-corrected chi connectivity index (χ0v) is 14.3. The number of halogens is 5. The highest BCUT2D eigenvalue weighted by Crippen LogP contribution is 2.32. The van der Waals surface area contributed by atoms with Gasteiger partial charge >= 0.3 is 5.51 Å². The molecule has 3 aromatic rings. The third-order valence-corrected chi connectivity index (χ3v) is 5.60. The zero-order valence-electron chi connectivity index (χ0n) is 12.7. The number of anilines is 1. The third kappa shape index (κ3) is 3.47. The minimum absolute atomic E-state index is 0.00326. The molecule has 0 radical (unpaired) electrons. The maximum Gasteiger partial charge on any atom is 0.503 e. The number of aromatic nitrogens is 2. The van der Waals surface area contributed by atoms with Gasteiger partial charge in [0.15, 0.2) is 21.8 Å². The highest BCUT2D eigenvalue weighted by molar-refractivity contribution is 7.92. The Hall–Kier alpha value is -2.67. The molecule has 0 atom stereocenters. The summed E-state index contributed by atoms with van der Waals surface area (Å²) >= 11 is 0.720. The third-order valence-electron chi connectivity index (χ3n) is 3.23. The molecule has 142 valence electrons. The fraction of sp³-hybridized carbons (Fsp3) is 0.0714. The number of nitrogens with zero attached hydrogens (tertiary/aromatic N) is 2. The molecule has 3 rings (SSSR count). The van der Waals surface area contributed by atoms with Crippen LogP contribution in [0.2, 0.25) is 0 Å². The number of alkyl halides is 3. The first kappa shape index (κ1) is 19.1. The molecular weight excluding hydrogens is 417 g/mol. The lowest BCUT2D eigenvalue weighted by molar-refractivity contribution is -0.0438. The van der Waals surface area contributed by atoms with Crippen LogP contribution in [0.3, 0.4) is 0 Å². The summed E-state index contributed by atoms with van der Waals surface area (Å²) in [4.78, 5) is 19.2. The van der Waals surface area contributed by atoms with E-state index in [1.807, 2.05) is 0 Å². The van der Waals surface area contributed by atoms with Crippen LogP contribution in [-0.2, 0) is 9.84 Å². The van der Waals surface area contributed by atoms with Gasteiger partial charge in [0.1, 0.15) is 0 Å². The number of amides is 1. The van der Waals surface area contributed by atoms with E-state index >= 15 is 0 Å². The molecule has 0 fully saturated rings. The van der Waals surface area contributed by atoms with E-state index in [4.69, 9.17) is 0 Å². The minimum atomic E-state index is -5.87. The molecule has 2 heterocycles. The standard InChI is InChI=1S/C14H6F5N3O3S2/c15-7-4-9-10(5-8(7)16)26-13(21-9)22-11(23)6-2-1-3-20-12(6)27(24,25)14(17,18)19/h1-5H,(H,21,22,23). The van der Waals surface area contributed by atoms with E-state index in [0.29, 0.717) is 0 Å². The quantitative estimate of drug-likeness (QED) is 0.652. The molecule has 6 nitrogen and oxygen atoms in total. The van der Waals surface area contributed by atoms with E-state index in [-0.39, 0.29) is 15.3 Å². The smallest absolute Gasteiger partial charge is 0.298 e. The van der Waals surface area contributed by atoms with Crippen molar-refractivity contribution < 1.29 is 35.2 Å². The molecule has 2 aromatic heterocycles. The SMILES string of the molecule is O=C(Nc1nc2cc(F)c(F)cc2s1)c1cccnc1S(=O)(=O)C(F)(F)F. The highest BCUT2D eigenvalue weighted by Gasteiger charge is 2.49. The van der Waals surface area contributed by atoms with Crippen LogP contribution in [0, 0.1) is 11.6 Å². The predicted molar refractivity (Wildman–Crippen MR) is 85.0 cm³/mol. The Labute approximate surface area is 151 Å². The number of benzene rings is 1. The molecular formula is C14H6F5N3O3S2. The number of nitrogens with one attached hydrogen (secondary N) is 1. The molecule has 0 bridgehead atoms. The first-order chi connectivity index (χ1) is 12.5. The molecule has 0 spiro atoms. The molecule has 0 saturated carbocycles. The lowest BCUT2D eigenvalue weighted by Crippen LogP contribution is -2.27. The van der Waals surface area contributed by atoms with Crippen molar-refractivity contribution in [2.75, 3.05) is 5.32 Å². The maximum absolute atomic E-state index is 13.2. The van der Waals surface area contributed by atoms with Gasteiger partial charge in [-0.05, 0) is 18.2 Å². The Morgan fingerprint density at radius 1 is 1.15 bits per heavy atom. The summed E-state index contributed by atoms with van der Waals surface area (Å²) < 4.78 is 88.0. The van der Waals surface area contributed by atoms with Gasteiger partial charge in [-0.1, -0.05) is 11.3 Å². The van der Waals surface area contributed by atoms with Crippen LogP contribution in [0.1, 0.15) is 10.4 Å². The molecule has 0 aliphatic heterocycles. The van der Waals surface area contributed by atoms with Crippen LogP contribution in [0.25, 0.3) is 10.2 Å². The molecule has 13 heteroatoms. The Morgan fingerprint density at radius 3 is 2.48 bits per heavy atom. The van der Waals surface area contributed by atoms with Gasteiger partial charge in [-0.15, -0.1) is 0 Å². The van der Waals surface area contributed by atoms with Gasteiger partial charge in [0.05, 0.1) is 15.8 Å². The highest BCUT2D eigenvalue weighted by atomic mass is 32.2. The van der Waals surface area contributed by atoms with Gasteiger partial charge in [-0.2, -0.15) is 13.2 Å². The number of sulfone groups is 1. The van der Waals surface area contributed by atoms with Crippen LogP contribution in [-0.4, -0.2) is 29.8 Å². The second kappa shape index (κ2) is 6.49. The van der Waals surface area contributed by atoms with Crippen molar-refractivity contribution >= 4 is 42.4 Å². The number of carbonyl (C=O) groups is 1. The summed E-state index contributed by atoms with van der Waals surface area (Å²) in [5.41, 5.74) is -6.50. The van der Waals surface area contributed by atoms with E-state index < -0.39 is 43.5 Å². The van der Waals surface area contributed by atoms with Gasteiger partial charge in [-0.25, -0.2) is 27.2 Å². The molecule has 0 aliphatic carbocycles. The van der Waals surface area contributed by atoms with Crippen LogP contribution in [0.15, 0.2) is 35.5 Å². The fourth-order valence-corrected chi connectivity index (χ4v) is 3.77. The largest absolute Gasteiger partial charge is 0.503 e. The Bertz CT molecular complexity index is 1120. The van der Waals surface area contributed by atoms with Crippen molar-refractivity contribution in [3.05, 3.63) is 47.7 Å². The average molecular weight is 423 g/mol. The average Bonchev–Trinajstić information content (AvgIpc) is 2.95. The second-order valence-corrected chi connectivity index (χ2v) is 7.90. The maximum atomic E-state index is 13.2. The zero-order chi connectivity index (χ0) is 20.0. The van der Waals surface area contributed by atoms with E-state index in [9.17, 15) is 35.2 Å². The van der Waals surface area contributed by atoms with Gasteiger partial charge < -0.3 is 0 Å². The molecule has 0 saturated heterocycles. The van der Waals surface area contributed by atoms with Gasteiger partial charge in [0.25, 0.3) is 15.7 Å². The molecule has 1 N–H and O–H groups in total. The number of fused-ring (bicyclic) bond motifs is 1. The van der Waals surface area contributed by atoms with Gasteiger partial charge in [0.2, 0.25) is 0 Å². The number of hydrogen-bond donors (Lipinski definition) is 1. The Kier molecular flexibility index (Phi) is 4.59. The van der Waals surface area contributed by atoms with E-state index in [1.54, 1.807) is 0 Å². The van der Waals surface area contributed by atoms with E-state index in [2.05, 4.69) is 15.3 Å². The van der Waals surface area contributed by atoms with Crippen molar-refractivity contribution in [2.24, 2.45) is 0 Å². The number of rotatable bonds is 3. The lowest BCUT2D eigenvalue weighted by Gasteiger charge is -2.10. The number of pyridine rings is 1.